The second-order valence-electron chi connectivity index (χ2n) is 6.41. The van der Waals surface area contributed by atoms with E-state index < -0.39 is 0 Å². The first-order valence-electron chi connectivity index (χ1n) is 7.00. The fourth-order valence-electron chi connectivity index (χ4n) is 2.50. The van der Waals surface area contributed by atoms with E-state index in [1.165, 1.54) is 16.7 Å². The number of fused-ring (bicyclic) bond motifs is 1. The summed E-state index contributed by atoms with van der Waals surface area (Å²) in [5, 5.41) is 0. The maximum Gasteiger partial charge on any atom is 0.139 e. The van der Waals surface area contributed by atoms with Gasteiger partial charge in [-0.3, -0.25) is 4.57 Å². The molecule has 2 nitrogen and oxygen atoms in total. The zero-order valence-electron chi connectivity index (χ0n) is 12.5. The lowest BCUT2D eigenvalue weighted by Gasteiger charge is -2.21. The van der Waals surface area contributed by atoms with Crippen LogP contribution in [0.3, 0.4) is 0 Å². The molecule has 2 aromatic carbocycles. The van der Waals surface area contributed by atoms with Gasteiger partial charge in [-0.15, -0.1) is 0 Å². The van der Waals surface area contributed by atoms with Crippen LogP contribution < -0.4 is 5.46 Å². The monoisotopic (exact) mass is 262 g/mol. The van der Waals surface area contributed by atoms with Gasteiger partial charge in [0, 0.05) is 5.69 Å². The Labute approximate surface area is 120 Å². The van der Waals surface area contributed by atoms with E-state index in [4.69, 9.17) is 0 Å². The van der Waals surface area contributed by atoms with Crippen molar-refractivity contribution in [1.82, 2.24) is 9.55 Å². The summed E-state index contributed by atoms with van der Waals surface area (Å²) in [5.74, 6) is 0. The maximum atomic E-state index is 4.48. The minimum atomic E-state index is 0.150. The second-order valence-corrected chi connectivity index (χ2v) is 6.41. The topological polar surface area (TPSA) is 17.8 Å². The molecule has 0 bridgehead atoms. The smallest absolute Gasteiger partial charge is 0.139 e. The van der Waals surface area contributed by atoms with Crippen molar-refractivity contribution >= 4 is 24.3 Å². The Bertz CT molecular complexity index is 766. The van der Waals surface area contributed by atoms with Crippen LogP contribution in [0.25, 0.3) is 16.7 Å². The Kier molecular flexibility index (Phi) is 2.93. The van der Waals surface area contributed by atoms with Crippen molar-refractivity contribution in [2.45, 2.75) is 26.2 Å². The van der Waals surface area contributed by atoms with Gasteiger partial charge in [-0.05, 0) is 35.2 Å². The highest BCUT2D eigenvalue weighted by molar-refractivity contribution is 6.32. The summed E-state index contributed by atoms with van der Waals surface area (Å²) in [5.41, 5.74) is 6.15. The van der Waals surface area contributed by atoms with E-state index in [-0.39, 0.29) is 5.41 Å². The SMILES string of the molecule is Bc1cc(-n2cnc3ccccc32)cc(C(C)(C)C)c1. The van der Waals surface area contributed by atoms with Crippen LogP contribution in [0.5, 0.6) is 0 Å². The van der Waals surface area contributed by atoms with Crippen LogP contribution in [-0.2, 0) is 5.41 Å². The van der Waals surface area contributed by atoms with Crippen molar-refractivity contribution in [2.75, 3.05) is 0 Å². The van der Waals surface area contributed by atoms with E-state index in [0.717, 1.165) is 11.0 Å². The van der Waals surface area contributed by atoms with E-state index in [2.05, 4.69) is 68.5 Å². The first-order chi connectivity index (χ1) is 9.45. The lowest BCUT2D eigenvalue weighted by atomic mass is 9.82. The molecule has 3 heteroatoms. The summed E-state index contributed by atoms with van der Waals surface area (Å²) in [6, 6.07) is 15.0. The van der Waals surface area contributed by atoms with Gasteiger partial charge in [0.1, 0.15) is 14.2 Å². The van der Waals surface area contributed by atoms with Gasteiger partial charge in [0.05, 0.1) is 11.0 Å². The van der Waals surface area contributed by atoms with Crippen LogP contribution in [0, 0.1) is 0 Å². The first kappa shape index (κ1) is 13.0. The van der Waals surface area contributed by atoms with Crippen LogP contribution >= 0.6 is 0 Å². The molecular weight excluding hydrogens is 243 g/mol. The quantitative estimate of drug-likeness (QED) is 0.616. The minimum absolute atomic E-state index is 0.150. The average molecular weight is 262 g/mol. The molecule has 0 spiro atoms. The fraction of sp³-hybridized carbons (Fsp3) is 0.235. The molecule has 0 aliphatic rings. The highest BCUT2D eigenvalue weighted by Crippen LogP contribution is 2.25. The van der Waals surface area contributed by atoms with Gasteiger partial charge in [0.2, 0.25) is 0 Å². The molecule has 0 fully saturated rings. The molecule has 0 unspecified atom stereocenters. The predicted octanol–water partition coefficient (Wildman–Crippen LogP) is 2.58. The average Bonchev–Trinajstić information content (AvgIpc) is 2.80. The largest absolute Gasteiger partial charge is 0.299 e. The van der Waals surface area contributed by atoms with Gasteiger partial charge in [-0.2, -0.15) is 0 Å². The second kappa shape index (κ2) is 4.52. The highest BCUT2D eigenvalue weighted by Gasteiger charge is 2.15. The van der Waals surface area contributed by atoms with Crippen molar-refractivity contribution in [3.63, 3.8) is 0 Å². The van der Waals surface area contributed by atoms with Crippen molar-refractivity contribution < 1.29 is 0 Å². The molecule has 1 aromatic heterocycles. The van der Waals surface area contributed by atoms with Crippen LogP contribution in [0.2, 0.25) is 0 Å². The van der Waals surface area contributed by atoms with Gasteiger partial charge in [0.25, 0.3) is 0 Å². The van der Waals surface area contributed by atoms with E-state index in [1.54, 1.807) is 0 Å². The highest BCUT2D eigenvalue weighted by atomic mass is 15.0. The molecule has 100 valence electrons. The Hall–Kier alpha value is -2.03. The van der Waals surface area contributed by atoms with Crippen LogP contribution in [0.4, 0.5) is 0 Å². The molecule has 1 heterocycles. The molecule has 0 saturated carbocycles. The van der Waals surface area contributed by atoms with Crippen LogP contribution in [-0.4, -0.2) is 17.4 Å². The van der Waals surface area contributed by atoms with E-state index in [1.807, 2.05) is 18.5 Å². The third-order valence-corrected chi connectivity index (χ3v) is 3.66. The molecule has 0 aliphatic carbocycles. The summed E-state index contributed by atoms with van der Waals surface area (Å²) in [4.78, 5) is 4.48. The first-order valence-corrected chi connectivity index (χ1v) is 7.00. The lowest BCUT2D eigenvalue weighted by Crippen LogP contribution is -2.16. The molecule has 0 saturated heterocycles. The Morgan fingerprint density at radius 3 is 2.55 bits per heavy atom. The van der Waals surface area contributed by atoms with Crippen molar-refractivity contribution in [3.05, 3.63) is 54.4 Å². The summed E-state index contributed by atoms with van der Waals surface area (Å²) >= 11 is 0. The van der Waals surface area contributed by atoms with Crippen LogP contribution in [0.1, 0.15) is 26.3 Å². The number of rotatable bonds is 1. The number of nitrogens with zero attached hydrogens (tertiary/aromatic N) is 2. The number of benzene rings is 2. The van der Waals surface area contributed by atoms with E-state index in [9.17, 15) is 0 Å². The standard InChI is InChI=1S/C17H19BN2/c1-17(2,3)12-8-13(18)10-14(9-12)20-11-19-15-6-4-5-7-16(15)20/h4-11H,18H2,1-3H3. The molecule has 0 atom stereocenters. The number of aromatic nitrogens is 2. The molecule has 0 amide bonds. The fourth-order valence-corrected chi connectivity index (χ4v) is 2.50. The van der Waals surface area contributed by atoms with Gasteiger partial charge >= 0.3 is 0 Å². The molecule has 0 radical (unpaired) electrons. The summed E-state index contributed by atoms with van der Waals surface area (Å²) in [6.45, 7) is 6.74. The predicted molar refractivity (Wildman–Crippen MR) is 87.9 cm³/mol. The minimum Gasteiger partial charge on any atom is -0.299 e. The molecule has 20 heavy (non-hydrogen) atoms. The third-order valence-electron chi connectivity index (χ3n) is 3.66. The van der Waals surface area contributed by atoms with Gasteiger partial charge in [-0.1, -0.05) is 44.4 Å². The number of para-hydroxylation sites is 2. The van der Waals surface area contributed by atoms with Crippen LogP contribution in [0.15, 0.2) is 48.8 Å². The number of imidazole rings is 1. The Morgan fingerprint density at radius 2 is 1.80 bits per heavy atom. The van der Waals surface area contributed by atoms with E-state index >= 15 is 0 Å². The molecule has 3 aromatic rings. The Balaban J connectivity index is 2.22. The Morgan fingerprint density at radius 1 is 1.05 bits per heavy atom. The molecule has 0 N–H and O–H groups in total. The summed E-state index contributed by atoms with van der Waals surface area (Å²) < 4.78 is 2.16. The third kappa shape index (κ3) is 2.24. The lowest BCUT2D eigenvalue weighted by molar-refractivity contribution is 0.590. The van der Waals surface area contributed by atoms with Crippen molar-refractivity contribution in [1.29, 1.82) is 0 Å². The summed E-state index contributed by atoms with van der Waals surface area (Å²) in [7, 11) is 2.15. The zero-order valence-corrected chi connectivity index (χ0v) is 12.5. The van der Waals surface area contributed by atoms with Gasteiger partial charge in [0.15, 0.2) is 0 Å². The van der Waals surface area contributed by atoms with Gasteiger partial charge < -0.3 is 0 Å². The van der Waals surface area contributed by atoms with Gasteiger partial charge in [-0.25, -0.2) is 4.98 Å². The molecule has 0 aliphatic heterocycles. The number of hydrogen-bond acceptors (Lipinski definition) is 1. The molecule has 3 rings (SSSR count). The maximum absolute atomic E-state index is 4.48. The van der Waals surface area contributed by atoms with Crippen molar-refractivity contribution in [2.24, 2.45) is 0 Å². The molecular formula is C17H19BN2. The van der Waals surface area contributed by atoms with E-state index in [0.29, 0.717) is 0 Å². The van der Waals surface area contributed by atoms with Crippen molar-refractivity contribution in [3.8, 4) is 5.69 Å². The normalized spacial score (nSPS) is 11.9. The zero-order chi connectivity index (χ0) is 14.3. The summed E-state index contributed by atoms with van der Waals surface area (Å²) in [6.07, 6.45) is 1.91. The number of hydrogen-bond donors (Lipinski definition) is 0.